The van der Waals surface area contributed by atoms with Crippen LogP contribution in [0.4, 0.5) is 0 Å². The summed E-state index contributed by atoms with van der Waals surface area (Å²) in [6.45, 7) is 1.89. The van der Waals surface area contributed by atoms with Crippen molar-refractivity contribution in [2.45, 2.75) is 13.2 Å². The first-order valence-electron chi connectivity index (χ1n) is 8.18. The highest BCUT2D eigenvalue weighted by Gasteiger charge is 2.33. The Balaban J connectivity index is 1.97. The Hall–Kier alpha value is -2.59. The predicted molar refractivity (Wildman–Crippen MR) is 108 cm³/mol. The van der Waals surface area contributed by atoms with Crippen LogP contribution in [0.3, 0.4) is 0 Å². The number of hydrogen-bond donors (Lipinski definition) is 1. The third-order valence-electron chi connectivity index (χ3n) is 4.39. The maximum Gasteiger partial charge on any atom is 0.226 e. The minimum absolute atomic E-state index is 0.364. The van der Waals surface area contributed by atoms with E-state index in [0.717, 1.165) is 32.6 Å². The molecule has 7 heteroatoms. The second-order valence-corrected chi connectivity index (χ2v) is 7.45. The molecule has 3 aromatic rings. The summed E-state index contributed by atoms with van der Waals surface area (Å²) in [4.78, 5) is 0. The number of aromatic nitrogens is 2. The number of benzene rings is 2. The molecule has 0 fully saturated rings. The summed E-state index contributed by atoms with van der Waals surface area (Å²) >= 11 is 9.46. The van der Waals surface area contributed by atoms with E-state index in [2.05, 4.69) is 27.1 Å². The molecule has 2 aromatic carbocycles. The second kappa shape index (κ2) is 6.86. The maximum absolute atomic E-state index is 9.69. The van der Waals surface area contributed by atoms with Crippen LogP contribution in [-0.4, -0.2) is 16.0 Å². The molecule has 2 heterocycles. The lowest BCUT2D eigenvalue weighted by atomic mass is 9.91. The van der Waals surface area contributed by atoms with Gasteiger partial charge in [0.25, 0.3) is 0 Å². The first kappa shape index (κ1) is 17.8. The number of halogens is 2. The highest BCUT2D eigenvalue weighted by molar-refractivity contribution is 9.10. The highest BCUT2D eigenvalue weighted by atomic mass is 79.9. The highest BCUT2D eigenvalue weighted by Crippen LogP contribution is 2.42. The van der Waals surface area contributed by atoms with Crippen molar-refractivity contribution < 1.29 is 4.74 Å². The smallest absolute Gasteiger partial charge is 0.226 e. The van der Waals surface area contributed by atoms with Gasteiger partial charge < -0.3 is 4.74 Å². The fraction of sp³-hybridized carbons (Fsp3) is 0.100. The molecule has 1 atom stereocenters. The van der Waals surface area contributed by atoms with Gasteiger partial charge in [0, 0.05) is 15.1 Å². The van der Waals surface area contributed by atoms with Gasteiger partial charge in [0.2, 0.25) is 5.88 Å². The zero-order valence-corrected chi connectivity index (χ0v) is 16.6. The fourth-order valence-corrected chi connectivity index (χ4v) is 3.54. The van der Waals surface area contributed by atoms with Crippen LogP contribution in [0.25, 0.3) is 11.3 Å². The van der Waals surface area contributed by atoms with Crippen molar-refractivity contribution in [2.75, 3.05) is 0 Å². The van der Waals surface area contributed by atoms with Gasteiger partial charge in [-0.25, -0.2) is 4.68 Å². The van der Waals surface area contributed by atoms with Gasteiger partial charge in [0.05, 0.1) is 22.5 Å². The Labute approximate surface area is 169 Å². The molecule has 0 amide bonds. The molecule has 1 aromatic heterocycles. The third-order valence-corrected chi connectivity index (χ3v) is 5.17. The molecule has 0 saturated carbocycles. The van der Waals surface area contributed by atoms with Crippen LogP contribution in [0.5, 0.6) is 5.88 Å². The van der Waals surface area contributed by atoms with Crippen molar-refractivity contribution in [3.05, 3.63) is 80.4 Å². The maximum atomic E-state index is 9.69. The Bertz CT molecular complexity index is 1090. The van der Waals surface area contributed by atoms with Gasteiger partial charge in [0.15, 0.2) is 6.23 Å². The first-order chi connectivity index (χ1) is 13.0. The Morgan fingerprint density at radius 2 is 1.85 bits per heavy atom. The van der Waals surface area contributed by atoms with Crippen LogP contribution < -0.4 is 10.5 Å². The van der Waals surface area contributed by atoms with Crippen LogP contribution in [0.1, 0.15) is 16.8 Å². The van der Waals surface area contributed by atoms with Crippen molar-refractivity contribution in [3.8, 4) is 17.6 Å². The van der Waals surface area contributed by atoms with E-state index in [1.807, 2.05) is 43.3 Å². The van der Waals surface area contributed by atoms with Crippen LogP contribution in [-0.2, 0) is 0 Å². The molecule has 134 valence electrons. The number of ether oxygens (including phenoxy) is 1. The molecule has 1 unspecified atom stereocenters. The number of rotatable bonds is 2. The van der Waals surface area contributed by atoms with E-state index in [9.17, 15) is 5.26 Å². The SMILES string of the molecule is Cc1nn(-c2ccc(Br)cc2)c2c1C(c1ccc(Cl)cc1)=C(C#N)C(N)O2. The lowest BCUT2D eigenvalue weighted by Gasteiger charge is -2.24. The molecule has 2 N–H and O–H groups in total. The van der Waals surface area contributed by atoms with Crippen molar-refractivity contribution in [1.82, 2.24) is 9.78 Å². The molecule has 1 aliphatic rings. The minimum Gasteiger partial charge on any atom is -0.453 e. The summed E-state index contributed by atoms with van der Waals surface area (Å²) in [5, 5.41) is 15.0. The molecule has 27 heavy (non-hydrogen) atoms. The number of nitrogens with two attached hydrogens (primary N) is 1. The monoisotopic (exact) mass is 440 g/mol. The molecule has 4 rings (SSSR count). The molecular weight excluding hydrogens is 428 g/mol. The van der Waals surface area contributed by atoms with Gasteiger partial charge in [-0.1, -0.05) is 39.7 Å². The Kier molecular flexibility index (Phi) is 4.52. The normalized spacial score (nSPS) is 15.9. The van der Waals surface area contributed by atoms with Crippen LogP contribution in [0, 0.1) is 18.3 Å². The summed E-state index contributed by atoms with van der Waals surface area (Å²) in [6, 6.07) is 17.2. The van der Waals surface area contributed by atoms with Gasteiger partial charge >= 0.3 is 0 Å². The Morgan fingerprint density at radius 3 is 2.48 bits per heavy atom. The molecule has 0 radical (unpaired) electrons. The Morgan fingerprint density at radius 1 is 1.19 bits per heavy atom. The summed E-state index contributed by atoms with van der Waals surface area (Å²) in [5.41, 5.74) is 10.4. The summed E-state index contributed by atoms with van der Waals surface area (Å²) in [7, 11) is 0. The van der Waals surface area contributed by atoms with E-state index in [4.69, 9.17) is 22.1 Å². The number of aryl methyl sites for hydroxylation is 1. The summed E-state index contributed by atoms with van der Waals surface area (Å²) < 4.78 is 8.58. The van der Waals surface area contributed by atoms with E-state index in [0.29, 0.717) is 16.5 Å². The van der Waals surface area contributed by atoms with E-state index in [1.54, 1.807) is 16.8 Å². The molecule has 0 bridgehead atoms. The van der Waals surface area contributed by atoms with Crippen molar-refractivity contribution >= 4 is 33.1 Å². The lowest BCUT2D eigenvalue weighted by Crippen LogP contribution is -2.33. The van der Waals surface area contributed by atoms with Gasteiger partial charge in [-0.05, 0) is 48.9 Å². The molecule has 0 saturated heterocycles. The van der Waals surface area contributed by atoms with E-state index < -0.39 is 6.23 Å². The van der Waals surface area contributed by atoms with Gasteiger partial charge in [-0.3, -0.25) is 5.73 Å². The second-order valence-electron chi connectivity index (χ2n) is 6.10. The number of hydrogen-bond acceptors (Lipinski definition) is 4. The van der Waals surface area contributed by atoms with Crippen molar-refractivity contribution in [2.24, 2.45) is 5.73 Å². The van der Waals surface area contributed by atoms with Crippen molar-refractivity contribution in [3.63, 3.8) is 0 Å². The predicted octanol–water partition coefficient (Wildman–Crippen LogP) is 4.60. The number of fused-ring (bicyclic) bond motifs is 1. The van der Waals surface area contributed by atoms with Gasteiger partial charge in [-0.2, -0.15) is 10.4 Å². The quantitative estimate of drug-likeness (QED) is 0.630. The zero-order valence-electron chi connectivity index (χ0n) is 14.3. The van der Waals surface area contributed by atoms with E-state index in [-0.39, 0.29) is 0 Å². The minimum atomic E-state index is -0.876. The summed E-state index contributed by atoms with van der Waals surface area (Å²) in [5.74, 6) is 0.520. The zero-order chi connectivity index (χ0) is 19.1. The van der Waals surface area contributed by atoms with E-state index in [1.165, 1.54) is 0 Å². The van der Waals surface area contributed by atoms with Gasteiger partial charge in [0.1, 0.15) is 6.07 Å². The average molecular weight is 442 g/mol. The summed E-state index contributed by atoms with van der Waals surface area (Å²) in [6.07, 6.45) is -0.876. The molecule has 0 spiro atoms. The third kappa shape index (κ3) is 3.04. The fourth-order valence-electron chi connectivity index (χ4n) is 3.15. The first-order valence-corrected chi connectivity index (χ1v) is 9.35. The van der Waals surface area contributed by atoms with Gasteiger partial charge in [-0.15, -0.1) is 0 Å². The van der Waals surface area contributed by atoms with Crippen molar-refractivity contribution in [1.29, 1.82) is 5.26 Å². The number of nitriles is 1. The number of nitrogens with zero attached hydrogens (tertiary/aromatic N) is 3. The lowest BCUT2D eigenvalue weighted by molar-refractivity contribution is 0.228. The topological polar surface area (TPSA) is 76.9 Å². The average Bonchev–Trinajstić information content (AvgIpc) is 2.98. The van der Waals surface area contributed by atoms with E-state index >= 15 is 0 Å². The molecule has 0 aliphatic carbocycles. The van der Waals surface area contributed by atoms with Crippen LogP contribution in [0.15, 0.2) is 58.6 Å². The molecular formula is C20H14BrClN4O. The van der Waals surface area contributed by atoms with Crippen LogP contribution in [0.2, 0.25) is 5.02 Å². The molecule has 5 nitrogen and oxygen atoms in total. The molecule has 1 aliphatic heterocycles. The largest absolute Gasteiger partial charge is 0.453 e. The van der Waals surface area contributed by atoms with Crippen LogP contribution >= 0.6 is 27.5 Å². The standard InChI is InChI=1S/C20H14BrClN4O/c1-11-17-18(12-2-6-14(22)7-3-12)16(10-23)19(24)27-20(17)26(25-11)15-8-4-13(21)5-9-15/h2-9,19H,24H2,1H3.